The summed E-state index contributed by atoms with van der Waals surface area (Å²) in [6.45, 7) is 9.72. The predicted molar refractivity (Wildman–Crippen MR) is 249 cm³/mol. The van der Waals surface area contributed by atoms with Crippen molar-refractivity contribution in [1.29, 1.82) is 0 Å². The number of rotatable bonds is 5. The Bertz CT molecular complexity index is 2800. The van der Waals surface area contributed by atoms with Crippen molar-refractivity contribution in [2.75, 3.05) is 4.90 Å². The van der Waals surface area contributed by atoms with Crippen LogP contribution in [0.3, 0.4) is 0 Å². The summed E-state index contributed by atoms with van der Waals surface area (Å²) in [6.07, 6.45) is 9.17. The zero-order valence-corrected chi connectivity index (χ0v) is 35.5. The molecule has 2 heteroatoms. The smallest absolute Gasteiger partial charge is 0.131 e. The topological polar surface area (TPSA) is 12.5 Å². The molecule has 0 radical (unpaired) electrons. The van der Waals surface area contributed by atoms with E-state index in [1.54, 1.807) is 0 Å². The van der Waals surface area contributed by atoms with Gasteiger partial charge in [0.1, 0.15) is 11.5 Å². The molecular formula is C58H55NO. The molecule has 60 heavy (non-hydrogen) atoms. The van der Waals surface area contributed by atoms with E-state index in [1.165, 1.54) is 112 Å². The van der Waals surface area contributed by atoms with Crippen LogP contribution in [0, 0.1) is 23.7 Å². The van der Waals surface area contributed by atoms with Crippen LogP contribution in [0.4, 0.5) is 17.1 Å². The lowest BCUT2D eigenvalue weighted by Gasteiger charge is -2.63. The van der Waals surface area contributed by atoms with E-state index in [-0.39, 0.29) is 16.2 Å². The van der Waals surface area contributed by atoms with E-state index in [0.717, 1.165) is 29.0 Å². The van der Waals surface area contributed by atoms with Crippen LogP contribution in [0.1, 0.15) is 94.9 Å². The summed E-state index contributed by atoms with van der Waals surface area (Å²) in [7, 11) is 0. The Kier molecular flexibility index (Phi) is 7.98. The zero-order chi connectivity index (χ0) is 40.4. The van der Waals surface area contributed by atoms with Gasteiger partial charge in [-0.15, -0.1) is 0 Å². The molecule has 0 N–H and O–H groups in total. The van der Waals surface area contributed by atoms with Crippen molar-refractivity contribution in [2.45, 2.75) is 88.9 Å². The molecular weight excluding hydrogens is 727 g/mol. The van der Waals surface area contributed by atoms with Crippen LogP contribution in [0.15, 0.2) is 152 Å². The monoisotopic (exact) mass is 781 g/mol. The van der Waals surface area contributed by atoms with E-state index in [4.69, 9.17) is 4.74 Å². The van der Waals surface area contributed by atoms with Gasteiger partial charge in [0, 0.05) is 33.5 Å². The van der Waals surface area contributed by atoms with Gasteiger partial charge in [-0.25, -0.2) is 0 Å². The molecule has 0 aromatic heterocycles. The maximum absolute atomic E-state index is 6.91. The van der Waals surface area contributed by atoms with Crippen molar-refractivity contribution < 1.29 is 4.74 Å². The van der Waals surface area contributed by atoms with Crippen LogP contribution < -0.4 is 9.64 Å². The molecule has 1 spiro atoms. The highest BCUT2D eigenvalue weighted by atomic mass is 16.5. The van der Waals surface area contributed by atoms with Crippen molar-refractivity contribution in [2.24, 2.45) is 23.7 Å². The standard InChI is InChI=1S/C58H55NO/c1-56(2)27-28-57(3,4)51-35-43(21-25-49(51)56)48-13-7-9-15-53(48)59(46-22-19-40(20-23-46)42-18-17-39-11-5-6-12-41(39)34-42)47-24-26-55-52(36-47)58(50-14-8-10-16-54(50)60-55)44-30-37-29-38(32-44)33-45(58)31-37/h5-26,34-38,44-45H,27-33H2,1-4H3. The fourth-order valence-electron chi connectivity index (χ4n) is 13.3. The molecule has 5 aliphatic carbocycles. The third-order valence-electron chi connectivity index (χ3n) is 16.2. The minimum atomic E-state index is -0.0321. The number of benzene rings is 7. The van der Waals surface area contributed by atoms with Crippen LogP contribution in [0.5, 0.6) is 11.5 Å². The number of fused-ring (bicyclic) bond motifs is 4. The van der Waals surface area contributed by atoms with E-state index < -0.39 is 0 Å². The van der Waals surface area contributed by atoms with Crippen LogP contribution in [-0.4, -0.2) is 0 Å². The maximum Gasteiger partial charge on any atom is 0.131 e. The van der Waals surface area contributed by atoms with Gasteiger partial charge >= 0.3 is 0 Å². The number of nitrogens with zero attached hydrogens (tertiary/aromatic N) is 1. The summed E-state index contributed by atoms with van der Waals surface area (Å²) in [6, 6.07) is 57.5. The second-order valence-corrected chi connectivity index (χ2v) is 20.4. The van der Waals surface area contributed by atoms with Crippen LogP contribution >= 0.6 is 0 Å². The largest absolute Gasteiger partial charge is 0.457 e. The Morgan fingerprint density at radius 2 is 1.07 bits per heavy atom. The third kappa shape index (κ3) is 5.45. The molecule has 0 atom stereocenters. The van der Waals surface area contributed by atoms with E-state index in [0.29, 0.717) is 11.8 Å². The molecule has 0 saturated heterocycles. The van der Waals surface area contributed by atoms with Crippen LogP contribution in [0.2, 0.25) is 0 Å². The number of ether oxygens (including phenoxy) is 1. The summed E-state index contributed by atoms with van der Waals surface area (Å²) in [5.74, 6) is 5.13. The van der Waals surface area contributed by atoms with E-state index in [2.05, 4.69) is 184 Å². The summed E-state index contributed by atoms with van der Waals surface area (Å²) < 4.78 is 6.91. The average molecular weight is 782 g/mol. The lowest BCUT2D eigenvalue weighted by atomic mass is 9.42. The van der Waals surface area contributed by atoms with Crippen LogP contribution in [0.25, 0.3) is 33.0 Å². The first-order chi connectivity index (χ1) is 29.2. The molecule has 0 unspecified atom stereocenters. The molecule has 1 aliphatic heterocycles. The molecule has 4 fully saturated rings. The van der Waals surface area contributed by atoms with Gasteiger partial charge in [0.05, 0.1) is 5.69 Å². The molecule has 6 aliphatic rings. The first kappa shape index (κ1) is 36.3. The SMILES string of the molecule is CC1(C)CCC(C)(C)c2cc(-c3ccccc3N(c3ccc(-c4ccc5ccccc5c4)cc3)c3ccc4c(c3)C3(c5ccccc5O4)C4CC5CC(C4)CC3C5)ccc21. The molecule has 7 aromatic rings. The van der Waals surface area contributed by atoms with E-state index in [1.807, 2.05) is 0 Å². The average Bonchev–Trinajstić information content (AvgIpc) is 3.27. The Morgan fingerprint density at radius 1 is 0.450 bits per heavy atom. The number of hydrogen-bond acceptors (Lipinski definition) is 2. The Labute approximate surface area is 356 Å². The van der Waals surface area contributed by atoms with Gasteiger partial charge in [-0.2, -0.15) is 0 Å². The van der Waals surface area contributed by atoms with Gasteiger partial charge in [-0.3, -0.25) is 0 Å². The molecule has 1 heterocycles. The minimum Gasteiger partial charge on any atom is -0.457 e. The highest BCUT2D eigenvalue weighted by Gasteiger charge is 2.61. The summed E-state index contributed by atoms with van der Waals surface area (Å²) >= 11 is 0. The molecule has 7 aromatic carbocycles. The fraction of sp³-hybridized carbons (Fsp3) is 0.310. The van der Waals surface area contributed by atoms with E-state index in [9.17, 15) is 0 Å². The zero-order valence-electron chi connectivity index (χ0n) is 35.5. The lowest BCUT2D eigenvalue weighted by Crippen LogP contribution is -2.57. The second-order valence-electron chi connectivity index (χ2n) is 20.4. The van der Waals surface area contributed by atoms with Gasteiger partial charge in [0.25, 0.3) is 0 Å². The number of hydrogen-bond donors (Lipinski definition) is 0. The number of anilines is 3. The van der Waals surface area contributed by atoms with Crippen LogP contribution in [-0.2, 0) is 16.2 Å². The fourth-order valence-corrected chi connectivity index (χ4v) is 13.3. The maximum atomic E-state index is 6.91. The molecule has 4 bridgehead atoms. The van der Waals surface area contributed by atoms with E-state index >= 15 is 0 Å². The Hall–Kier alpha value is -5.60. The Balaban J connectivity index is 1.04. The summed E-state index contributed by atoms with van der Waals surface area (Å²) in [5.41, 5.74) is 14.6. The molecule has 0 amide bonds. The van der Waals surface area contributed by atoms with Gasteiger partial charge in [0.2, 0.25) is 0 Å². The van der Waals surface area contributed by atoms with Gasteiger partial charge < -0.3 is 9.64 Å². The van der Waals surface area contributed by atoms with Crippen molar-refractivity contribution >= 4 is 27.8 Å². The molecule has 2 nitrogen and oxygen atoms in total. The first-order valence-corrected chi connectivity index (χ1v) is 22.7. The molecule has 13 rings (SSSR count). The highest BCUT2D eigenvalue weighted by molar-refractivity contribution is 5.91. The minimum absolute atomic E-state index is 0.0321. The second kappa shape index (κ2) is 13.2. The quantitative estimate of drug-likeness (QED) is 0.172. The van der Waals surface area contributed by atoms with Crippen molar-refractivity contribution in [1.82, 2.24) is 0 Å². The van der Waals surface area contributed by atoms with Gasteiger partial charge in [-0.1, -0.05) is 131 Å². The van der Waals surface area contributed by atoms with Crippen molar-refractivity contribution in [3.05, 3.63) is 174 Å². The molecule has 298 valence electrons. The molecule has 4 saturated carbocycles. The highest BCUT2D eigenvalue weighted by Crippen LogP contribution is 2.69. The first-order valence-electron chi connectivity index (χ1n) is 22.7. The van der Waals surface area contributed by atoms with Crippen molar-refractivity contribution in [3.8, 4) is 33.8 Å². The Morgan fingerprint density at radius 3 is 1.85 bits per heavy atom. The number of para-hydroxylation sites is 2. The predicted octanol–water partition coefficient (Wildman–Crippen LogP) is 15.8. The summed E-state index contributed by atoms with van der Waals surface area (Å²) in [5, 5.41) is 2.54. The summed E-state index contributed by atoms with van der Waals surface area (Å²) in [4.78, 5) is 2.54. The van der Waals surface area contributed by atoms with Gasteiger partial charge in [-0.05, 0) is 167 Å². The lowest BCUT2D eigenvalue weighted by molar-refractivity contribution is -0.0452. The van der Waals surface area contributed by atoms with Gasteiger partial charge in [0.15, 0.2) is 0 Å². The third-order valence-corrected chi connectivity index (χ3v) is 16.2. The van der Waals surface area contributed by atoms with Crippen molar-refractivity contribution in [3.63, 3.8) is 0 Å². The normalized spacial score (nSPS) is 25.0.